The molecule has 1 aromatic heterocycles. The number of alkyl halides is 1. The predicted octanol–water partition coefficient (Wildman–Crippen LogP) is 2.40. The first-order valence-corrected chi connectivity index (χ1v) is 7.46. The van der Waals surface area contributed by atoms with Crippen LogP contribution in [-0.4, -0.2) is 55.2 Å². The van der Waals surface area contributed by atoms with Gasteiger partial charge in [-0.15, -0.1) is 11.6 Å². The maximum absolute atomic E-state index is 5.90. The van der Waals surface area contributed by atoms with Gasteiger partial charge >= 0.3 is 0 Å². The number of fused-ring (bicyclic) bond motifs is 1. The van der Waals surface area contributed by atoms with Gasteiger partial charge in [-0.05, 0) is 14.1 Å². The molecule has 5 nitrogen and oxygen atoms in total. The van der Waals surface area contributed by atoms with E-state index in [2.05, 4.69) is 28.5 Å². The lowest BCUT2D eigenvalue weighted by Gasteiger charge is -2.14. The summed E-state index contributed by atoms with van der Waals surface area (Å²) < 4.78 is 12.9. The zero-order valence-corrected chi connectivity index (χ0v) is 13.8. The van der Waals surface area contributed by atoms with Crippen LogP contribution in [0.25, 0.3) is 11.0 Å². The molecule has 0 fully saturated rings. The monoisotopic (exact) mass is 311 g/mol. The lowest BCUT2D eigenvalue weighted by atomic mass is 10.2. The molecule has 0 saturated heterocycles. The molecule has 1 heterocycles. The van der Waals surface area contributed by atoms with Gasteiger partial charge in [0, 0.05) is 37.5 Å². The molecule has 6 heteroatoms. The number of benzene rings is 1. The van der Waals surface area contributed by atoms with Crippen LogP contribution in [0.4, 0.5) is 0 Å². The van der Waals surface area contributed by atoms with Gasteiger partial charge in [0.05, 0.1) is 25.3 Å². The zero-order valence-electron chi connectivity index (χ0n) is 13.0. The summed E-state index contributed by atoms with van der Waals surface area (Å²) in [5.74, 6) is 2.96. The molecule has 0 radical (unpaired) electrons. The predicted molar refractivity (Wildman–Crippen MR) is 85.8 cm³/mol. The molecule has 0 spiro atoms. The quantitative estimate of drug-likeness (QED) is 0.736. The first-order chi connectivity index (χ1) is 10.1. The van der Waals surface area contributed by atoms with Crippen molar-refractivity contribution in [2.45, 2.75) is 13.0 Å². The molecule has 0 aliphatic carbocycles. The number of rotatable bonds is 7. The van der Waals surface area contributed by atoms with Crippen molar-refractivity contribution in [3.05, 3.63) is 18.0 Å². The topological polar surface area (TPSA) is 39.5 Å². The van der Waals surface area contributed by atoms with Gasteiger partial charge < -0.3 is 18.9 Å². The van der Waals surface area contributed by atoms with Gasteiger partial charge in [-0.2, -0.15) is 0 Å². The first-order valence-electron chi connectivity index (χ1n) is 6.92. The highest BCUT2D eigenvalue weighted by molar-refractivity contribution is 6.17. The molecular formula is C15H22ClN3O2. The molecule has 21 heavy (non-hydrogen) atoms. The molecule has 0 aliphatic rings. The summed E-state index contributed by atoms with van der Waals surface area (Å²) in [4.78, 5) is 6.84. The van der Waals surface area contributed by atoms with E-state index in [0.717, 1.165) is 36.4 Å². The zero-order chi connectivity index (χ0) is 15.4. The fourth-order valence-corrected chi connectivity index (χ4v) is 2.50. The van der Waals surface area contributed by atoms with E-state index in [1.807, 2.05) is 12.1 Å². The minimum absolute atomic E-state index is 0.555. The normalized spacial score (nSPS) is 11.3. The van der Waals surface area contributed by atoms with Crippen LogP contribution in [0.3, 0.4) is 0 Å². The van der Waals surface area contributed by atoms with Gasteiger partial charge in [0.2, 0.25) is 0 Å². The van der Waals surface area contributed by atoms with E-state index in [0.29, 0.717) is 17.4 Å². The number of hydrogen-bond acceptors (Lipinski definition) is 4. The lowest BCUT2D eigenvalue weighted by molar-refractivity contribution is 0.355. The largest absolute Gasteiger partial charge is 0.493 e. The molecule has 0 atom stereocenters. The summed E-state index contributed by atoms with van der Waals surface area (Å²) in [6, 6.07) is 3.90. The van der Waals surface area contributed by atoms with E-state index in [-0.39, 0.29) is 0 Å². The summed E-state index contributed by atoms with van der Waals surface area (Å²) in [5, 5.41) is 0. The van der Waals surface area contributed by atoms with Crippen molar-refractivity contribution in [1.82, 2.24) is 14.5 Å². The molecule has 0 bridgehead atoms. The van der Waals surface area contributed by atoms with Gasteiger partial charge in [0.25, 0.3) is 0 Å². The highest BCUT2D eigenvalue weighted by Gasteiger charge is 2.14. The molecule has 0 amide bonds. The maximum atomic E-state index is 5.90. The number of imidazole rings is 1. The van der Waals surface area contributed by atoms with E-state index in [4.69, 9.17) is 21.1 Å². The average Bonchev–Trinajstić information content (AvgIpc) is 2.80. The third kappa shape index (κ3) is 3.41. The smallest absolute Gasteiger partial charge is 0.163 e. The van der Waals surface area contributed by atoms with Crippen molar-refractivity contribution in [2.24, 2.45) is 0 Å². The molecule has 1 aromatic carbocycles. The minimum atomic E-state index is 0.555. The van der Waals surface area contributed by atoms with Crippen molar-refractivity contribution < 1.29 is 9.47 Å². The Morgan fingerprint density at radius 3 is 2.43 bits per heavy atom. The maximum Gasteiger partial charge on any atom is 0.163 e. The second-order valence-corrected chi connectivity index (χ2v) is 5.50. The minimum Gasteiger partial charge on any atom is -0.493 e. The molecule has 2 rings (SSSR count). The van der Waals surface area contributed by atoms with Crippen molar-refractivity contribution >= 4 is 22.6 Å². The number of ether oxygens (including phenoxy) is 2. The molecule has 116 valence electrons. The Morgan fingerprint density at radius 2 is 1.86 bits per heavy atom. The Kier molecular flexibility index (Phi) is 5.31. The first kappa shape index (κ1) is 15.9. The third-order valence-electron chi connectivity index (χ3n) is 3.42. The summed E-state index contributed by atoms with van der Waals surface area (Å²) >= 11 is 5.90. The SMILES string of the molecule is COc1cc2nc(CCCl)n(CCN(C)C)c2cc1OC. The van der Waals surface area contributed by atoms with E-state index in [9.17, 15) is 0 Å². The number of halogens is 1. The Morgan fingerprint density at radius 1 is 1.19 bits per heavy atom. The molecular weight excluding hydrogens is 290 g/mol. The van der Waals surface area contributed by atoms with Crippen LogP contribution in [0.15, 0.2) is 12.1 Å². The molecule has 0 N–H and O–H groups in total. The van der Waals surface area contributed by atoms with E-state index in [1.165, 1.54) is 0 Å². The number of likely N-dealkylation sites (N-methyl/N-ethyl adjacent to an activating group) is 1. The van der Waals surface area contributed by atoms with Crippen LogP contribution in [0, 0.1) is 0 Å². The Bertz CT molecular complexity index is 610. The van der Waals surface area contributed by atoms with Crippen molar-refractivity contribution in [1.29, 1.82) is 0 Å². The van der Waals surface area contributed by atoms with Crippen LogP contribution in [0.2, 0.25) is 0 Å². The average molecular weight is 312 g/mol. The second-order valence-electron chi connectivity index (χ2n) is 5.12. The standard InChI is InChI=1S/C15H22ClN3O2/c1-18(2)7-8-19-12-10-14(21-4)13(20-3)9-11(12)17-15(19)5-6-16/h9-10H,5-8H2,1-4H3. The van der Waals surface area contributed by atoms with Crippen LogP contribution < -0.4 is 9.47 Å². The molecule has 0 aliphatic heterocycles. The number of aromatic nitrogens is 2. The van der Waals surface area contributed by atoms with Crippen molar-refractivity contribution in [3.8, 4) is 11.5 Å². The van der Waals surface area contributed by atoms with Crippen molar-refractivity contribution in [2.75, 3.05) is 40.7 Å². The van der Waals surface area contributed by atoms with Crippen LogP contribution in [-0.2, 0) is 13.0 Å². The van der Waals surface area contributed by atoms with Gasteiger partial charge in [0.1, 0.15) is 5.82 Å². The fraction of sp³-hybridized carbons (Fsp3) is 0.533. The summed E-state index contributed by atoms with van der Waals surface area (Å²) in [6.45, 7) is 1.81. The van der Waals surface area contributed by atoms with E-state index in [1.54, 1.807) is 14.2 Å². The number of nitrogens with zero attached hydrogens (tertiary/aromatic N) is 3. The van der Waals surface area contributed by atoms with E-state index >= 15 is 0 Å². The lowest BCUT2D eigenvalue weighted by Crippen LogP contribution is -2.19. The number of hydrogen-bond donors (Lipinski definition) is 0. The Hall–Kier alpha value is -1.46. The second kappa shape index (κ2) is 7.00. The third-order valence-corrected chi connectivity index (χ3v) is 3.61. The molecule has 2 aromatic rings. The summed E-state index contributed by atoms with van der Waals surface area (Å²) in [7, 11) is 7.39. The van der Waals surface area contributed by atoms with Crippen LogP contribution in [0.1, 0.15) is 5.82 Å². The van der Waals surface area contributed by atoms with Gasteiger partial charge in [0.15, 0.2) is 11.5 Å². The number of aryl methyl sites for hydroxylation is 1. The highest BCUT2D eigenvalue weighted by atomic mass is 35.5. The Balaban J connectivity index is 2.52. The Labute approximate surface area is 130 Å². The van der Waals surface area contributed by atoms with E-state index < -0.39 is 0 Å². The van der Waals surface area contributed by atoms with Gasteiger partial charge in [-0.25, -0.2) is 4.98 Å². The number of methoxy groups -OCH3 is 2. The summed E-state index contributed by atoms with van der Waals surface area (Å²) in [6.07, 6.45) is 0.744. The van der Waals surface area contributed by atoms with Gasteiger partial charge in [-0.1, -0.05) is 0 Å². The highest BCUT2D eigenvalue weighted by Crippen LogP contribution is 2.32. The fourth-order valence-electron chi connectivity index (χ4n) is 2.33. The molecule has 0 saturated carbocycles. The van der Waals surface area contributed by atoms with Crippen molar-refractivity contribution in [3.63, 3.8) is 0 Å². The molecule has 0 unspecified atom stereocenters. The van der Waals surface area contributed by atoms with Crippen LogP contribution in [0.5, 0.6) is 11.5 Å². The van der Waals surface area contributed by atoms with Crippen LogP contribution >= 0.6 is 11.6 Å². The summed E-state index contributed by atoms with van der Waals surface area (Å²) in [5.41, 5.74) is 1.96. The van der Waals surface area contributed by atoms with Gasteiger partial charge in [-0.3, -0.25) is 0 Å².